The number of hydrogen-bond donors (Lipinski definition) is 3. The van der Waals surface area contributed by atoms with E-state index in [-0.39, 0.29) is 11.9 Å². The molecular formula is C14H21N3O. The maximum absolute atomic E-state index is 11.9. The molecule has 5 N–H and O–H groups in total. The molecular weight excluding hydrogens is 226 g/mol. The van der Waals surface area contributed by atoms with E-state index in [1.807, 2.05) is 24.3 Å². The van der Waals surface area contributed by atoms with Gasteiger partial charge in [0.25, 0.3) is 0 Å². The Bertz CT molecular complexity index is 402. The second kappa shape index (κ2) is 5.98. The molecule has 1 aliphatic rings. The lowest BCUT2D eigenvalue weighted by molar-refractivity contribution is -0.117. The van der Waals surface area contributed by atoms with E-state index in [1.165, 1.54) is 0 Å². The summed E-state index contributed by atoms with van der Waals surface area (Å²) in [5, 5.41) is 2.91. The molecule has 0 heterocycles. The van der Waals surface area contributed by atoms with E-state index in [0.29, 0.717) is 18.9 Å². The molecule has 0 spiro atoms. The predicted octanol–water partition coefficient (Wildman–Crippen LogP) is 1.60. The average molecular weight is 247 g/mol. The van der Waals surface area contributed by atoms with Gasteiger partial charge in [-0.1, -0.05) is 18.6 Å². The third kappa shape index (κ3) is 3.31. The van der Waals surface area contributed by atoms with Crippen molar-refractivity contribution >= 4 is 11.6 Å². The maximum Gasteiger partial charge on any atom is 0.224 e. The zero-order valence-electron chi connectivity index (χ0n) is 10.6. The number of amides is 1. The number of hydrogen-bond acceptors (Lipinski definition) is 3. The van der Waals surface area contributed by atoms with Gasteiger partial charge in [-0.15, -0.1) is 0 Å². The summed E-state index contributed by atoms with van der Waals surface area (Å²) in [6, 6.07) is 7.81. The summed E-state index contributed by atoms with van der Waals surface area (Å²) in [6.07, 6.45) is 3.79. The SMILES string of the molecule is NCc1ccc(NC(=O)C[C@@H]2CCC[C@H]2N)cc1. The van der Waals surface area contributed by atoms with Crippen molar-refractivity contribution in [3.63, 3.8) is 0 Å². The van der Waals surface area contributed by atoms with Crippen LogP contribution in [-0.2, 0) is 11.3 Å². The van der Waals surface area contributed by atoms with Crippen LogP contribution in [-0.4, -0.2) is 11.9 Å². The highest BCUT2D eigenvalue weighted by atomic mass is 16.1. The highest BCUT2D eigenvalue weighted by molar-refractivity contribution is 5.90. The molecule has 1 aliphatic carbocycles. The summed E-state index contributed by atoms with van der Waals surface area (Å²) in [5.41, 5.74) is 13.4. The summed E-state index contributed by atoms with van der Waals surface area (Å²) >= 11 is 0. The minimum Gasteiger partial charge on any atom is -0.327 e. The van der Waals surface area contributed by atoms with Crippen LogP contribution in [0.2, 0.25) is 0 Å². The molecule has 1 aromatic carbocycles. The van der Waals surface area contributed by atoms with Gasteiger partial charge >= 0.3 is 0 Å². The first-order valence-electron chi connectivity index (χ1n) is 6.53. The summed E-state index contributed by atoms with van der Waals surface area (Å²) < 4.78 is 0. The molecule has 0 saturated heterocycles. The van der Waals surface area contributed by atoms with Crippen molar-refractivity contribution in [3.05, 3.63) is 29.8 Å². The van der Waals surface area contributed by atoms with E-state index >= 15 is 0 Å². The minimum absolute atomic E-state index is 0.0536. The van der Waals surface area contributed by atoms with Gasteiger partial charge in [-0.2, -0.15) is 0 Å². The standard InChI is InChI=1S/C14H21N3O/c15-9-10-4-6-12(7-5-10)17-14(18)8-11-2-1-3-13(11)16/h4-7,11,13H,1-3,8-9,15-16H2,(H,17,18)/t11-,13+/m0/s1. The molecule has 1 fully saturated rings. The Kier molecular flexibility index (Phi) is 4.33. The van der Waals surface area contributed by atoms with Gasteiger partial charge < -0.3 is 16.8 Å². The van der Waals surface area contributed by atoms with Gasteiger partial charge in [0.2, 0.25) is 5.91 Å². The highest BCUT2D eigenvalue weighted by Gasteiger charge is 2.25. The van der Waals surface area contributed by atoms with E-state index in [0.717, 1.165) is 30.5 Å². The van der Waals surface area contributed by atoms with Crippen LogP contribution in [0.25, 0.3) is 0 Å². The lowest BCUT2D eigenvalue weighted by atomic mass is 10.00. The van der Waals surface area contributed by atoms with Crippen molar-refractivity contribution in [2.24, 2.45) is 17.4 Å². The number of anilines is 1. The molecule has 18 heavy (non-hydrogen) atoms. The molecule has 0 unspecified atom stereocenters. The van der Waals surface area contributed by atoms with E-state index in [9.17, 15) is 4.79 Å². The molecule has 2 atom stereocenters. The quantitative estimate of drug-likeness (QED) is 0.756. The Hall–Kier alpha value is -1.39. The van der Waals surface area contributed by atoms with Crippen LogP contribution in [0.15, 0.2) is 24.3 Å². The molecule has 98 valence electrons. The van der Waals surface area contributed by atoms with E-state index in [4.69, 9.17) is 11.5 Å². The molecule has 0 radical (unpaired) electrons. The Morgan fingerprint density at radius 1 is 1.28 bits per heavy atom. The Balaban J connectivity index is 1.86. The average Bonchev–Trinajstić information content (AvgIpc) is 2.76. The van der Waals surface area contributed by atoms with Gasteiger partial charge in [0.15, 0.2) is 0 Å². The first-order valence-corrected chi connectivity index (χ1v) is 6.53. The van der Waals surface area contributed by atoms with Gasteiger partial charge in [-0.05, 0) is 36.5 Å². The van der Waals surface area contributed by atoms with Crippen LogP contribution in [0.3, 0.4) is 0 Å². The molecule has 4 nitrogen and oxygen atoms in total. The third-order valence-corrected chi connectivity index (χ3v) is 3.64. The van der Waals surface area contributed by atoms with Gasteiger partial charge in [0.05, 0.1) is 0 Å². The van der Waals surface area contributed by atoms with E-state index in [1.54, 1.807) is 0 Å². The number of benzene rings is 1. The maximum atomic E-state index is 11.9. The van der Waals surface area contributed by atoms with Crippen LogP contribution >= 0.6 is 0 Å². The van der Waals surface area contributed by atoms with Gasteiger partial charge in [-0.3, -0.25) is 4.79 Å². The topological polar surface area (TPSA) is 81.1 Å². The zero-order valence-corrected chi connectivity index (χ0v) is 10.6. The van der Waals surface area contributed by atoms with Crippen molar-refractivity contribution in [1.82, 2.24) is 0 Å². The molecule has 1 aromatic rings. The highest BCUT2D eigenvalue weighted by Crippen LogP contribution is 2.27. The molecule has 0 aliphatic heterocycles. The summed E-state index contributed by atoms with van der Waals surface area (Å²) in [6.45, 7) is 0.519. The van der Waals surface area contributed by atoms with Crippen molar-refractivity contribution in [2.45, 2.75) is 38.3 Å². The number of carbonyl (C=O) groups excluding carboxylic acids is 1. The number of carbonyl (C=O) groups is 1. The fraction of sp³-hybridized carbons (Fsp3) is 0.500. The lowest BCUT2D eigenvalue weighted by Gasteiger charge is -2.14. The van der Waals surface area contributed by atoms with Gasteiger partial charge in [0, 0.05) is 24.7 Å². The summed E-state index contributed by atoms with van der Waals surface area (Å²) in [5.74, 6) is 0.395. The summed E-state index contributed by atoms with van der Waals surface area (Å²) in [7, 11) is 0. The van der Waals surface area contributed by atoms with Crippen LogP contribution in [0, 0.1) is 5.92 Å². The lowest BCUT2D eigenvalue weighted by Crippen LogP contribution is -2.28. The molecule has 2 rings (SSSR count). The molecule has 0 bridgehead atoms. The molecule has 4 heteroatoms. The van der Waals surface area contributed by atoms with Crippen LogP contribution < -0.4 is 16.8 Å². The third-order valence-electron chi connectivity index (χ3n) is 3.64. The van der Waals surface area contributed by atoms with Crippen molar-refractivity contribution in [1.29, 1.82) is 0 Å². The van der Waals surface area contributed by atoms with Crippen LogP contribution in [0.4, 0.5) is 5.69 Å². The molecule has 0 aromatic heterocycles. The van der Waals surface area contributed by atoms with Crippen molar-refractivity contribution < 1.29 is 4.79 Å². The Morgan fingerprint density at radius 3 is 2.56 bits per heavy atom. The second-order valence-electron chi connectivity index (χ2n) is 5.01. The first-order chi connectivity index (χ1) is 8.69. The Morgan fingerprint density at radius 2 is 2.00 bits per heavy atom. The van der Waals surface area contributed by atoms with Crippen LogP contribution in [0.5, 0.6) is 0 Å². The fourth-order valence-electron chi connectivity index (χ4n) is 2.49. The van der Waals surface area contributed by atoms with Crippen molar-refractivity contribution in [2.75, 3.05) is 5.32 Å². The van der Waals surface area contributed by atoms with Gasteiger partial charge in [-0.25, -0.2) is 0 Å². The van der Waals surface area contributed by atoms with E-state index in [2.05, 4.69) is 5.32 Å². The normalized spacial score (nSPS) is 23.0. The molecule has 1 saturated carbocycles. The number of nitrogens with two attached hydrogens (primary N) is 2. The number of nitrogens with one attached hydrogen (secondary N) is 1. The van der Waals surface area contributed by atoms with Gasteiger partial charge in [0.1, 0.15) is 0 Å². The predicted molar refractivity (Wildman–Crippen MR) is 72.9 cm³/mol. The smallest absolute Gasteiger partial charge is 0.224 e. The monoisotopic (exact) mass is 247 g/mol. The fourth-order valence-corrected chi connectivity index (χ4v) is 2.49. The van der Waals surface area contributed by atoms with E-state index < -0.39 is 0 Å². The zero-order chi connectivity index (χ0) is 13.0. The molecule has 1 amide bonds. The minimum atomic E-state index is 0.0536. The largest absolute Gasteiger partial charge is 0.327 e. The van der Waals surface area contributed by atoms with Crippen LogP contribution in [0.1, 0.15) is 31.2 Å². The first kappa shape index (κ1) is 13.1. The summed E-state index contributed by atoms with van der Waals surface area (Å²) in [4.78, 5) is 11.9. The Labute approximate surface area is 108 Å². The van der Waals surface area contributed by atoms with Crippen molar-refractivity contribution in [3.8, 4) is 0 Å². The number of rotatable bonds is 4. The second-order valence-corrected chi connectivity index (χ2v) is 5.01.